The number of carbonyl (C=O) groups is 1. The third-order valence-electron chi connectivity index (χ3n) is 4.22. The number of carbonyl (C=O) groups excluding carboxylic acids is 1. The molecule has 0 saturated heterocycles. The smallest absolute Gasteiger partial charge is 0.254 e. The maximum Gasteiger partial charge on any atom is 0.254 e. The summed E-state index contributed by atoms with van der Waals surface area (Å²) in [6, 6.07) is 9.75. The third kappa shape index (κ3) is 3.99. The first-order chi connectivity index (χ1) is 11.1. The van der Waals surface area contributed by atoms with Gasteiger partial charge in [0.1, 0.15) is 0 Å². The number of amides is 1. The predicted octanol–water partition coefficient (Wildman–Crippen LogP) is 2.57. The molecule has 0 aliphatic carbocycles. The van der Waals surface area contributed by atoms with Crippen LogP contribution in [0.3, 0.4) is 0 Å². The minimum absolute atomic E-state index is 0.160. The van der Waals surface area contributed by atoms with Crippen LogP contribution in [0.5, 0.6) is 0 Å². The summed E-state index contributed by atoms with van der Waals surface area (Å²) in [5.74, 6) is -0.0284. The molecule has 0 saturated carbocycles. The van der Waals surface area contributed by atoms with Crippen LogP contribution < -0.4 is 5.32 Å². The second-order valence-corrected chi connectivity index (χ2v) is 5.77. The number of para-hydroxylation sites is 1. The molecule has 0 spiro atoms. The molecule has 1 aromatic carbocycles. The van der Waals surface area contributed by atoms with Crippen molar-refractivity contribution in [1.29, 1.82) is 0 Å². The van der Waals surface area contributed by atoms with Crippen molar-refractivity contribution in [3.05, 3.63) is 47.8 Å². The van der Waals surface area contributed by atoms with E-state index in [4.69, 9.17) is 0 Å². The molecule has 0 bridgehead atoms. The van der Waals surface area contributed by atoms with Crippen molar-refractivity contribution in [2.45, 2.75) is 39.7 Å². The highest BCUT2D eigenvalue weighted by Gasteiger charge is 2.19. The summed E-state index contributed by atoms with van der Waals surface area (Å²) in [6.07, 6.45) is 2.64. The van der Waals surface area contributed by atoms with Crippen LogP contribution in [0.15, 0.2) is 36.5 Å². The second kappa shape index (κ2) is 7.92. The van der Waals surface area contributed by atoms with Gasteiger partial charge in [0.05, 0.1) is 29.2 Å². The SMILES string of the molecule is CCc1c(C(=O)NCC(O)C(C)CC)cnn1-c1ccccc1. The van der Waals surface area contributed by atoms with Gasteiger partial charge in [0, 0.05) is 6.54 Å². The largest absolute Gasteiger partial charge is 0.391 e. The van der Waals surface area contributed by atoms with Crippen molar-refractivity contribution >= 4 is 5.91 Å². The van der Waals surface area contributed by atoms with Crippen molar-refractivity contribution in [3.63, 3.8) is 0 Å². The number of aromatic nitrogens is 2. The maximum absolute atomic E-state index is 12.4. The topological polar surface area (TPSA) is 67.2 Å². The lowest BCUT2D eigenvalue weighted by molar-refractivity contribution is 0.0849. The molecule has 2 N–H and O–H groups in total. The van der Waals surface area contributed by atoms with Crippen LogP contribution in [0.1, 0.15) is 43.2 Å². The molecule has 2 atom stereocenters. The van der Waals surface area contributed by atoms with Crippen LogP contribution in [0.2, 0.25) is 0 Å². The first-order valence-corrected chi connectivity index (χ1v) is 8.17. The van der Waals surface area contributed by atoms with Gasteiger partial charge in [0.25, 0.3) is 5.91 Å². The second-order valence-electron chi connectivity index (χ2n) is 5.77. The van der Waals surface area contributed by atoms with E-state index < -0.39 is 6.10 Å². The molecule has 1 amide bonds. The highest BCUT2D eigenvalue weighted by Crippen LogP contribution is 2.16. The number of hydrogen-bond acceptors (Lipinski definition) is 3. The zero-order valence-corrected chi connectivity index (χ0v) is 14.0. The van der Waals surface area contributed by atoms with Crippen molar-refractivity contribution < 1.29 is 9.90 Å². The lowest BCUT2D eigenvalue weighted by Crippen LogP contribution is -2.35. The summed E-state index contributed by atoms with van der Waals surface area (Å²) in [5.41, 5.74) is 2.36. The van der Waals surface area contributed by atoms with Crippen LogP contribution in [-0.4, -0.2) is 33.4 Å². The predicted molar refractivity (Wildman–Crippen MR) is 90.7 cm³/mol. The molecule has 2 rings (SSSR count). The fourth-order valence-electron chi connectivity index (χ4n) is 2.46. The molecule has 0 aliphatic heterocycles. The first kappa shape index (κ1) is 17.2. The lowest BCUT2D eigenvalue weighted by atomic mass is 10.0. The van der Waals surface area contributed by atoms with E-state index in [9.17, 15) is 9.90 Å². The van der Waals surface area contributed by atoms with Gasteiger partial charge >= 0.3 is 0 Å². The summed E-state index contributed by atoms with van der Waals surface area (Å²) < 4.78 is 1.79. The molecule has 2 aromatic rings. The van der Waals surface area contributed by atoms with Gasteiger partial charge in [-0.15, -0.1) is 0 Å². The van der Waals surface area contributed by atoms with Gasteiger partial charge < -0.3 is 10.4 Å². The lowest BCUT2D eigenvalue weighted by Gasteiger charge is -2.17. The molecule has 0 fully saturated rings. The Morgan fingerprint density at radius 3 is 2.61 bits per heavy atom. The van der Waals surface area contributed by atoms with E-state index in [0.29, 0.717) is 12.0 Å². The molecule has 0 aliphatic rings. The zero-order chi connectivity index (χ0) is 16.8. The molecule has 23 heavy (non-hydrogen) atoms. The molecule has 1 aromatic heterocycles. The van der Waals surface area contributed by atoms with Crippen molar-refractivity contribution in [1.82, 2.24) is 15.1 Å². The first-order valence-electron chi connectivity index (χ1n) is 8.17. The molecule has 2 unspecified atom stereocenters. The Bertz CT molecular complexity index is 637. The van der Waals surface area contributed by atoms with Crippen LogP contribution in [0.25, 0.3) is 5.69 Å². The summed E-state index contributed by atoms with van der Waals surface area (Å²) in [6.45, 7) is 6.26. The quantitative estimate of drug-likeness (QED) is 0.825. The Labute approximate surface area is 137 Å². The van der Waals surface area contributed by atoms with E-state index in [-0.39, 0.29) is 18.4 Å². The Morgan fingerprint density at radius 1 is 1.30 bits per heavy atom. The summed E-state index contributed by atoms with van der Waals surface area (Å²) in [7, 11) is 0. The van der Waals surface area contributed by atoms with Crippen molar-refractivity contribution in [3.8, 4) is 5.69 Å². The third-order valence-corrected chi connectivity index (χ3v) is 4.22. The number of aliphatic hydroxyl groups excluding tert-OH is 1. The molecular formula is C18H25N3O2. The highest BCUT2D eigenvalue weighted by atomic mass is 16.3. The fourth-order valence-corrected chi connectivity index (χ4v) is 2.46. The number of hydrogen-bond donors (Lipinski definition) is 2. The Morgan fingerprint density at radius 2 is 2.00 bits per heavy atom. The molecule has 5 nitrogen and oxygen atoms in total. The van der Waals surface area contributed by atoms with Gasteiger partial charge in [-0.25, -0.2) is 4.68 Å². The van der Waals surface area contributed by atoms with Crippen LogP contribution in [0.4, 0.5) is 0 Å². The van der Waals surface area contributed by atoms with Gasteiger partial charge in [0.2, 0.25) is 0 Å². The van der Waals surface area contributed by atoms with Crippen LogP contribution in [-0.2, 0) is 6.42 Å². The van der Waals surface area contributed by atoms with E-state index in [0.717, 1.165) is 17.8 Å². The number of aliphatic hydroxyl groups is 1. The Hall–Kier alpha value is -2.14. The van der Waals surface area contributed by atoms with Crippen LogP contribution in [0, 0.1) is 5.92 Å². The number of nitrogens with one attached hydrogen (secondary N) is 1. The summed E-state index contributed by atoms with van der Waals surface area (Å²) in [5, 5.41) is 17.1. The van der Waals surface area contributed by atoms with E-state index in [1.165, 1.54) is 0 Å². The van der Waals surface area contributed by atoms with Crippen LogP contribution >= 0.6 is 0 Å². The van der Waals surface area contributed by atoms with E-state index in [1.54, 1.807) is 10.9 Å². The number of rotatable bonds is 7. The molecular weight excluding hydrogens is 290 g/mol. The molecule has 1 heterocycles. The van der Waals surface area contributed by atoms with Gasteiger partial charge in [-0.1, -0.05) is 45.4 Å². The minimum atomic E-state index is -0.529. The highest BCUT2D eigenvalue weighted by molar-refractivity contribution is 5.95. The van der Waals surface area contributed by atoms with E-state index >= 15 is 0 Å². The zero-order valence-electron chi connectivity index (χ0n) is 14.0. The van der Waals surface area contributed by atoms with Gasteiger partial charge in [-0.3, -0.25) is 4.79 Å². The van der Waals surface area contributed by atoms with E-state index in [2.05, 4.69) is 10.4 Å². The standard InChI is InChI=1S/C18H25N3O2/c1-4-13(3)17(22)12-19-18(23)15-11-20-21(16(15)5-2)14-9-7-6-8-10-14/h6-11,13,17,22H,4-5,12H2,1-3H3,(H,19,23). The van der Waals surface area contributed by atoms with Gasteiger partial charge in [-0.05, 0) is 24.5 Å². The summed E-state index contributed by atoms with van der Waals surface area (Å²) in [4.78, 5) is 12.4. The van der Waals surface area contributed by atoms with Gasteiger partial charge in [0.15, 0.2) is 0 Å². The molecule has 124 valence electrons. The molecule has 5 heteroatoms. The number of nitrogens with zero attached hydrogens (tertiary/aromatic N) is 2. The monoisotopic (exact) mass is 315 g/mol. The number of benzene rings is 1. The summed E-state index contributed by atoms with van der Waals surface area (Å²) >= 11 is 0. The van der Waals surface area contributed by atoms with E-state index in [1.807, 2.05) is 51.1 Å². The fraction of sp³-hybridized carbons (Fsp3) is 0.444. The van der Waals surface area contributed by atoms with Gasteiger partial charge in [-0.2, -0.15) is 5.10 Å². The Kier molecular flexibility index (Phi) is 5.93. The average molecular weight is 315 g/mol. The average Bonchev–Trinajstić information content (AvgIpc) is 3.03. The Balaban J connectivity index is 2.14. The van der Waals surface area contributed by atoms with Crippen molar-refractivity contribution in [2.24, 2.45) is 5.92 Å². The normalized spacial score (nSPS) is 13.6. The minimum Gasteiger partial charge on any atom is -0.391 e. The van der Waals surface area contributed by atoms with Crippen molar-refractivity contribution in [2.75, 3.05) is 6.54 Å². The molecule has 0 radical (unpaired) electrons. The maximum atomic E-state index is 12.4.